The maximum atomic E-state index is 16.3. The molecule has 11 nitrogen and oxygen atoms in total. The molecule has 2 aromatic carbocycles. The van der Waals surface area contributed by atoms with Crippen LogP contribution in [0.4, 0.5) is 23.4 Å². The van der Waals surface area contributed by atoms with Crippen molar-refractivity contribution in [3.8, 4) is 17.3 Å². The minimum absolute atomic E-state index is 0.0591. The Balaban J connectivity index is 0.000000398. The summed E-state index contributed by atoms with van der Waals surface area (Å²) in [5.74, 6) is -2.60. The Morgan fingerprint density at radius 3 is 2.55 bits per heavy atom. The van der Waals surface area contributed by atoms with Gasteiger partial charge in [-0.1, -0.05) is 30.3 Å². The molecule has 10 rings (SSSR count). The van der Waals surface area contributed by atoms with E-state index < -0.39 is 29.2 Å². The molecule has 0 radical (unpaired) electrons. The molecule has 6 aliphatic heterocycles. The Morgan fingerprint density at radius 2 is 1.80 bits per heavy atom. The minimum atomic E-state index is -1.08. The Morgan fingerprint density at radius 1 is 0.982 bits per heavy atom. The van der Waals surface area contributed by atoms with Gasteiger partial charge in [-0.25, -0.2) is 17.6 Å². The number of halogens is 4. The van der Waals surface area contributed by atoms with Crippen LogP contribution in [0.2, 0.25) is 0 Å². The second-order valence-electron chi connectivity index (χ2n) is 15.8. The van der Waals surface area contributed by atoms with E-state index in [1.165, 1.54) is 38.3 Å². The SMILES string of the molecule is COc1nc(N2CCN(C(=O)/C=C/CN3[C@@H]4CC[C@H]3COC4)C3(COC3)C2)c2cnc(-c3cccc4ccc(F)c(F)c34)c(F)c2n1.FC1CC2CCCN2C1. The number of piperazine rings is 1. The number of morpholine rings is 1. The van der Waals surface area contributed by atoms with Gasteiger partial charge >= 0.3 is 6.01 Å². The van der Waals surface area contributed by atoms with Crippen molar-refractivity contribution >= 4 is 33.4 Å². The lowest BCUT2D eigenvalue weighted by molar-refractivity contribution is -0.164. The highest BCUT2D eigenvalue weighted by molar-refractivity contribution is 5.99. The van der Waals surface area contributed by atoms with E-state index >= 15 is 4.39 Å². The van der Waals surface area contributed by atoms with Crippen LogP contribution in [0.5, 0.6) is 6.01 Å². The topological polar surface area (TPSA) is 96.4 Å². The lowest BCUT2D eigenvalue weighted by Crippen LogP contribution is -2.72. The number of carbonyl (C=O) groups excluding carboxylic acids is 1. The second kappa shape index (κ2) is 15.1. The number of aromatic nitrogens is 3. The molecule has 6 fully saturated rings. The lowest BCUT2D eigenvalue weighted by Gasteiger charge is -2.55. The third kappa shape index (κ3) is 6.65. The molecule has 2 aromatic heterocycles. The zero-order valence-corrected chi connectivity index (χ0v) is 31.3. The van der Waals surface area contributed by atoms with Crippen LogP contribution in [0.3, 0.4) is 0 Å². The number of ether oxygens (including phenoxy) is 3. The van der Waals surface area contributed by atoms with E-state index in [1.54, 1.807) is 18.2 Å². The first kappa shape index (κ1) is 37.2. The molecule has 0 N–H and O–H groups in total. The molecule has 6 aliphatic rings. The third-order valence-electron chi connectivity index (χ3n) is 12.4. The van der Waals surface area contributed by atoms with Gasteiger partial charge in [0.15, 0.2) is 17.5 Å². The summed E-state index contributed by atoms with van der Waals surface area (Å²) in [5, 5.41) is 0.667. The molecular formula is C41H45F4N7O4. The molecule has 15 heteroatoms. The number of hydrogen-bond donors (Lipinski definition) is 0. The van der Waals surface area contributed by atoms with Crippen molar-refractivity contribution in [3.63, 3.8) is 0 Å². The van der Waals surface area contributed by atoms with Crippen LogP contribution in [0.15, 0.2) is 48.7 Å². The van der Waals surface area contributed by atoms with E-state index in [0.29, 0.717) is 80.7 Å². The fourth-order valence-electron chi connectivity index (χ4n) is 9.54. The van der Waals surface area contributed by atoms with Crippen molar-refractivity contribution in [2.45, 2.75) is 61.9 Å². The zero-order chi connectivity index (χ0) is 38.6. The van der Waals surface area contributed by atoms with Crippen LogP contribution in [-0.4, -0.2) is 138 Å². The van der Waals surface area contributed by atoms with Crippen molar-refractivity contribution in [1.29, 1.82) is 0 Å². The standard InChI is InChI=1S/C34H33F3N6O4.C7H12FN/c1-45-33-39-31-24(14-38-30(29(31)37)23-5-2-4-20-7-10-25(35)28(36)27(20)23)32(40-33)41-12-13-43(34(17-41)18-47-19-34)26(44)6-3-11-42-21-8-9-22(42)16-46-15-21;8-6-4-7-2-1-3-9(7)5-6/h2-7,10,14,21-22H,8-9,11-13,15-19H2,1H3;6-7H,1-5H2/b6-3+;/t21-,22+;. The summed E-state index contributed by atoms with van der Waals surface area (Å²) in [6.45, 7) is 5.98. The van der Waals surface area contributed by atoms with Crippen molar-refractivity contribution in [1.82, 2.24) is 29.7 Å². The quantitative estimate of drug-likeness (QED) is 0.190. The number of alkyl halides is 1. The van der Waals surface area contributed by atoms with E-state index in [-0.39, 0.29) is 34.1 Å². The van der Waals surface area contributed by atoms with Gasteiger partial charge < -0.3 is 24.0 Å². The van der Waals surface area contributed by atoms with Crippen LogP contribution in [0, 0.1) is 17.5 Å². The van der Waals surface area contributed by atoms with Gasteiger partial charge in [-0.15, -0.1) is 0 Å². The van der Waals surface area contributed by atoms with Crippen molar-refractivity contribution < 1.29 is 36.6 Å². The second-order valence-corrected chi connectivity index (χ2v) is 15.8. The highest BCUT2D eigenvalue weighted by Crippen LogP contribution is 2.39. The first-order valence-electron chi connectivity index (χ1n) is 19.5. The van der Waals surface area contributed by atoms with Gasteiger partial charge in [0.05, 0.1) is 38.9 Å². The number of anilines is 1. The molecule has 2 bridgehead atoms. The van der Waals surface area contributed by atoms with E-state index in [0.717, 1.165) is 45.1 Å². The average Bonchev–Trinajstić information content (AvgIpc) is 3.84. The van der Waals surface area contributed by atoms with Gasteiger partial charge in [-0.3, -0.25) is 19.6 Å². The Hall–Kier alpha value is -4.44. The molecule has 0 aliphatic carbocycles. The molecular weight excluding hydrogens is 730 g/mol. The van der Waals surface area contributed by atoms with Crippen LogP contribution in [0.1, 0.15) is 32.1 Å². The summed E-state index contributed by atoms with van der Waals surface area (Å²) in [7, 11) is 1.39. The number of hydrogen-bond acceptors (Lipinski definition) is 10. The molecule has 296 valence electrons. The largest absolute Gasteiger partial charge is 0.467 e. The number of amides is 1. The van der Waals surface area contributed by atoms with Gasteiger partial charge in [-0.2, -0.15) is 9.97 Å². The van der Waals surface area contributed by atoms with Crippen LogP contribution in [-0.2, 0) is 14.3 Å². The lowest BCUT2D eigenvalue weighted by atomic mass is 9.91. The number of pyridine rings is 1. The molecule has 8 heterocycles. The molecule has 6 saturated heterocycles. The zero-order valence-electron chi connectivity index (χ0n) is 31.3. The summed E-state index contributed by atoms with van der Waals surface area (Å²) in [4.78, 5) is 35.3. The van der Waals surface area contributed by atoms with Crippen LogP contribution < -0.4 is 9.64 Å². The number of fused-ring (bicyclic) bond motifs is 5. The Labute approximate surface area is 322 Å². The molecule has 0 saturated carbocycles. The summed E-state index contributed by atoms with van der Waals surface area (Å²) >= 11 is 0. The number of nitrogens with zero attached hydrogens (tertiary/aromatic N) is 7. The minimum Gasteiger partial charge on any atom is -0.467 e. The van der Waals surface area contributed by atoms with Gasteiger partial charge in [0.2, 0.25) is 5.91 Å². The molecule has 2 unspecified atom stereocenters. The van der Waals surface area contributed by atoms with Crippen molar-refractivity contribution in [3.05, 3.63) is 66.1 Å². The fraction of sp³-hybridized carbons (Fsp3) is 0.512. The first-order chi connectivity index (χ1) is 27.2. The monoisotopic (exact) mass is 775 g/mol. The number of benzene rings is 2. The molecule has 1 amide bonds. The summed E-state index contributed by atoms with van der Waals surface area (Å²) < 4.78 is 74.8. The van der Waals surface area contributed by atoms with Gasteiger partial charge in [-0.05, 0) is 50.1 Å². The van der Waals surface area contributed by atoms with Gasteiger partial charge in [0, 0.05) is 74.1 Å². The van der Waals surface area contributed by atoms with Gasteiger partial charge in [0.1, 0.15) is 28.7 Å². The number of rotatable bonds is 6. The summed E-state index contributed by atoms with van der Waals surface area (Å²) in [6, 6.07) is 8.60. The highest BCUT2D eigenvalue weighted by atomic mass is 19.2. The van der Waals surface area contributed by atoms with E-state index in [1.807, 2.05) is 15.9 Å². The van der Waals surface area contributed by atoms with Crippen LogP contribution in [0.25, 0.3) is 32.9 Å². The molecule has 4 atom stereocenters. The highest BCUT2D eigenvalue weighted by Gasteiger charge is 2.50. The smallest absolute Gasteiger partial charge is 0.318 e. The van der Waals surface area contributed by atoms with Crippen LogP contribution >= 0.6 is 0 Å². The average molecular weight is 776 g/mol. The van der Waals surface area contributed by atoms with Crippen molar-refractivity contribution in [2.24, 2.45) is 0 Å². The summed E-state index contributed by atoms with van der Waals surface area (Å²) in [6.07, 6.45) is 10.1. The van der Waals surface area contributed by atoms with E-state index in [4.69, 9.17) is 14.2 Å². The third-order valence-corrected chi connectivity index (χ3v) is 12.4. The normalized spacial score (nSPS) is 25.9. The molecule has 1 spiro atoms. The number of carbonyl (C=O) groups is 1. The maximum Gasteiger partial charge on any atom is 0.318 e. The fourth-order valence-corrected chi connectivity index (χ4v) is 9.54. The molecule has 4 aromatic rings. The van der Waals surface area contributed by atoms with Crippen molar-refractivity contribution in [2.75, 3.05) is 77.7 Å². The molecule has 56 heavy (non-hydrogen) atoms. The first-order valence-corrected chi connectivity index (χ1v) is 19.5. The Bertz CT molecular complexity index is 2140. The van der Waals surface area contributed by atoms with Gasteiger partial charge in [0.25, 0.3) is 0 Å². The Kier molecular flexibility index (Phi) is 10.0. The predicted molar refractivity (Wildman–Crippen MR) is 202 cm³/mol. The maximum absolute atomic E-state index is 16.3. The summed E-state index contributed by atoms with van der Waals surface area (Å²) in [5.41, 5.74) is -0.720. The van der Waals surface area contributed by atoms with E-state index in [9.17, 15) is 18.0 Å². The number of methoxy groups -OCH3 is 1. The predicted octanol–water partition coefficient (Wildman–Crippen LogP) is 5.30. The van der Waals surface area contributed by atoms with E-state index in [2.05, 4.69) is 24.8 Å².